The van der Waals surface area contributed by atoms with Gasteiger partial charge in [-0.2, -0.15) is 0 Å². The van der Waals surface area contributed by atoms with Crippen LogP contribution < -0.4 is 10.6 Å². The molecule has 4 nitrogen and oxygen atoms in total. The zero-order valence-corrected chi connectivity index (χ0v) is 16.0. The number of rotatable bonds is 5. The molecule has 0 spiro atoms. The number of hydrogen-bond donors (Lipinski definition) is 2. The maximum absolute atomic E-state index is 12.5. The van der Waals surface area contributed by atoms with Crippen LogP contribution in [-0.4, -0.2) is 11.8 Å². The van der Waals surface area contributed by atoms with Gasteiger partial charge in [0.25, 0.3) is 0 Å². The second kappa shape index (κ2) is 8.09. The summed E-state index contributed by atoms with van der Waals surface area (Å²) in [6, 6.07) is 12.0. The maximum Gasteiger partial charge on any atom is 0.239 e. The molecule has 0 heterocycles. The maximum atomic E-state index is 12.5. The van der Waals surface area contributed by atoms with E-state index in [-0.39, 0.29) is 12.2 Å². The predicted octanol–water partition coefficient (Wildman–Crippen LogP) is 4.93. The molecule has 2 amide bonds. The quantitative estimate of drug-likeness (QED) is 0.701. The molecule has 0 bridgehead atoms. The second-order valence-corrected chi connectivity index (χ2v) is 7.17. The zero-order chi connectivity index (χ0) is 18.6. The number of benzene rings is 2. The molecular formula is C18H17Cl3N2O2. The molecule has 0 fully saturated rings. The van der Waals surface area contributed by atoms with E-state index in [0.29, 0.717) is 15.1 Å². The van der Waals surface area contributed by atoms with Crippen LogP contribution in [0.1, 0.15) is 19.4 Å². The molecule has 2 aromatic rings. The Morgan fingerprint density at radius 1 is 0.880 bits per heavy atom. The van der Waals surface area contributed by atoms with E-state index in [2.05, 4.69) is 10.6 Å². The summed E-state index contributed by atoms with van der Waals surface area (Å²) in [5, 5.41) is 6.49. The van der Waals surface area contributed by atoms with Crippen LogP contribution in [0, 0.1) is 5.41 Å². The van der Waals surface area contributed by atoms with Crippen LogP contribution >= 0.6 is 34.8 Å². The van der Waals surface area contributed by atoms with Crippen molar-refractivity contribution in [2.45, 2.75) is 20.4 Å². The Hall–Kier alpha value is -1.75. The first kappa shape index (κ1) is 19.6. The van der Waals surface area contributed by atoms with Crippen molar-refractivity contribution >= 4 is 52.3 Å². The third-order valence-corrected chi connectivity index (χ3v) is 4.73. The fraction of sp³-hybridized carbons (Fsp3) is 0.222. The van der Waals surface area contributed by atoms with E-state index in [1.54, 1.807) is 36.4 Å². The van der Waals surface area contributed by atoms with Gasteiger partial charge in [-0.3, -0.25) is 9.59 Å². The molecule has 0 atom stereocenters. The lowest BCUT2D eigenvalue weighted by molar-refractivity contribution is -0.138. The molecule has 2 rings (SSSR count). The van der Waals surface area contributed by atoms with Gasteiger partial charge in [-0.05, 0) is 37.6 Å². The van der Waals surface area contributed by atoms with Crippen molar-refractivity contribution in [2.75, 3.05) is 5.32 Å². The summed E-state index contributed by atoms with van der Waals surface area (Å²) in [7, 11) is 0. The third kappa shape index (κ3) is 4.66. The second-order valence-electron chi connectivity index (χ2n) is 5.95. The van der Waals surface area contributed by atoms with Gasteiger partial charge in [0.15, 0.2) is 0 Å². The van der Waals surface area contributed by atoms with E-state index in [1.807, 2.05) is 6.07 Å². The van der Waals surface area contributed by atoms with Crippen molar-refractivity contribution in [1.29, 1.82) is 0 Å². The molecule has 132 valence electrons. The summed E-state index contributed by atoms with van der Waals surface area (Å²) in [4.78, 5) is 25.0. The molecule has 2 N–H and O–H groups in total. The lowest BCUT2D eigenvalue weighted by Crippen LogP contribution is -2.45. The number of carbonyl (C=O) groups excluding carboxylic acids is 2. The monoisotopic (exact) mass is 398 g/mol. The topological polar surface area (TPSA) is 58.2 Å². The highest BCUT2D eigenvalue weighted by Gasteiger charge is 2.36. The Labute approximate surface area is 161 Å². The first-order chi connectivity index (χ1) is 11.7. The Bertz CT molecular complexity index is 786. The van der Waals surface area contributed by atoms with Crippen LogP contribution in [0.3, 0.4) is 0 Å². The molecule has 25 heavy (non-hydrogen) atoms. The van der Waals surface area contributed by atoms with Gasteiger partial charge in [0.2, 0.25) is 11.8 Å². The van der Waals surface area contributed by atoms with Crippen molar-refractivity contribution in [3.8, 4) is 0 Å². The number of halogens is 3. The zero-order valence-electron chi connectivity index (χ0n) is 13.7. The fourth-order valence-electron chi connectivity index (χ4n) is 2.03. The molecule has 2 aromatic carbocycles. The molecule has 0 aliphatic carbocycles. The summed E-state index contributed by atoms with van der Waals surface area (Å²) in [5.74, 6) is -0.952. The summed E-state index contributed by atoms with van der Waals surface area (Å²) in [6.07, 6.45) is 0. The predicted molar refractivity (Wildman–Crippen MR) is 102 cm³/mol. The molecular weight excluding hydrogens is 383 g/mol. The summed E-state index contributed by atoms with van der Waals surface area (Å²) in [5.41, 5.74) is -0.283. The van der Waals surface area contributed by atoms with Gasteiger partial charge >= 0.3 is 0 Å². The normalized spacial score (nSPS) is 11.1. The average Bonchev–Trinajstić information content (AvgIpc) is 2.57. The largest absolute Gasteiger partial charge is 0.351 e. The van der Waals surface area contributed by atoms with Gasteiger partial charge in [0, 0.05) is 11.6 Å². The molecule has 0 saturated heterocycles. The van der Waals surface area contributed by atoms with Gasteiger partial charge in [-0.25, -0.2) is 0 Å². The van der Waals surface area contributed by atoms with Gasteiger partial charge in [-0.1, -0.05) is 59.1 Å². The van der Waals surface area contributed by atoms with Crippen LogP contribution in [0.2, 0.25) is 15.1 Å². The van der Waals surface area contributed by atoms with Crippen molar-refractivity contribution in [2.24, 2.45) is 5.41 Å². The third-order valence-electron chi connectivity index (χ3n) is 3.73. The van der Waals surface area contributed by atoms with Crippen LogP contribution in [0.4, 0.5) is 5.69 Å². The van der Waals surface area contributed by atoms with Gasteiger partial charge in [0.05, 0.1) is 15.7 Å². The highest BCUT2D eigenvalue weighted by molar-refractivity contribution is 6.40. The molecule has 0 aliphatic rings. The van der Waals surface area contributed by atoms with E-state index in [9.17, 15) is 9.59 Å². The van der Waals surface area contributed by atoms with E-state index in [0.717, 1.165) is 5.56 Å². The number of hydrogen-bond acceptors (Lipinski definition) is 2. The van der Waals surface area contributed by atoms with Crippen LogP contribution in [-0.2, 0) is 16.1 Å². The van der Waals surface area contributed by atoms with Gasteiger partial charge in [0.1, 0.15) is 5.41 Å². The minimum Gasteiger partial charge on any atom is -0.351 e. The van der Waals surface area contributed by atoms with Crippen molar-refractivity contribution < 1.29 is 9.59 Å². The molecule has 0 aliphatic heterocycles. The number of anilines is 1. The summed E-state index contributed by atoms with van der Waals surface area (Å²) in [6.45, 7) is 3.27. The summed E-state index contributed by atoms with van der Waals surface area (Å²) >= 11 is 18.2. The molecule has 0 saturated carbocycles. The first-order valence-corrected chi connectivity index (χ1v) is 8.64. The van der Waals surface area contributed by atoms with E-state index < -0.39 is 17.2 Å². The van der Waals surface area contributed by atoms with E-state index in [4.69, 9.17) is 34.8 Å². The Kier molecular flexibility index (Phi) is 6.33. The lowest BCUT2D eigenvalue weighted by atomic mass is 9.90. The molecule has 0 radical (unpaired) electrons. The molecule has 0 unspecified atom stereocenters. The fourth-order valence-corrected chi connectivity index (χ4v) is 2.72. The van der Waals surface area contributed by atoms with E-state index in [1.165, 1.54) is 13.8 Å². The molecule has 0 aromatic heterocycles. The SMILES string of the molecule is CC(C)(C(=O)NCc1ccccc1Cl)C(=O)Nc1c(Cl)cccc1Cl. The highest BCUT2D eigenvalue weighted by atomic mass is 35.5. The number of nitrogens with one attached hydrogen (secondary N) is 2. The number of para-hydroxylation sites is 1. The number of amides is 2. The Morgan fingerprint density at radius 2 is 1.44 bits per heavy atom. The van der Waals surface area contributed by atoms with Gasteiger partial charge < -0.3 is 10.6 Å². The van der Waals surface area contributed by atoms with Crippen molar-refractivity contribution in [3.05, 3.63) is 63.1 Å². The van der Waals surface area contributed by atoms with Crippen LogP contribution in [0.25, 0.3) is 0 Å². The first-order valence-electron chi connectivity index (χ1n) is 7.50. The minimum atomic E-state index is -1.33. The average molecular weight is 400 g/mol. The number of carbonyl (C=O) groups is 2. The van der Waals surface area contributed by atoms with Gasteiger partial charge in [-0.15, -0.1) is 0 Å². The van der Waals surface area contributed by atoms with Crippen molar-refractivity contribution in [3.63, 3.8) is 0 Å². The Morgan fingerprint density at radius 3 is 2.04 bits per heavy atom. The van der Waals surface area contributed by atoms with E-state index >= 15 is 0 Å². The molecule has 7 heteroatoms. The summed E-state index contributed by atoms with van der Waals surface area (Å²) < 4.78 is 0. The highest BCUT2D eigenvalue weighted by Crippen LogP contribution is 2.31. The minimum absolute atomic E-state index is 0.224. The lowest BCUT2D eigenvalue weighted by Gasteiger charge is -2.23. The Balaban J connectivity index is 2.07. The smallest absolute Gasteiger partial charge is 0.239 e. The van der Waals surface area contributed by atoms with Crippen molar-refractivity contribution in [1.82, 2.24) is 5.32 Å². The van der Waals surface area contributed by atoms with Crippen LogP contribution in [0.15, 0.2) is 42.5 Å². The standard InChI is InChI=1S/C18H17Cl3N2O2/c1-18(2,16(24)22-10-11-6-3-4-7-12(11)19)17(25)23-15-13(20)8-5-9-14(15)21/h3-9H,10H2,1-2H3,(H,22,24)(H,23,25). The van der Waals surface area contributed by atoms with Crippen LogP contribution in [0.5, 0.6) is 0 Å².